The lowest BCUT2D eigenvalue weighted by atomic mass is 9.97. The van der Waals surface area contributed by atoms with Gasteiger partial charge in [-0.2, -0.15) is 0 Å². The Bertz CT molecular complexity index is 972. The van der Waals surface area contributed by atoms with E-state index >= 15 is 0 Å². The molecule has 1 atom stereocenters. The summed E-state index contributed by atoms with van der Waals surface area (Å²) in [5.74, 6) is 1.05. The van der Waals surface area contributed by atoms with Gasteiger partial charge in [-0.15, -0.1) is 0 Å². The molecular formula is C25H35N5O3. The lowest BCUT2D eigenvalue weighted by Crippen LogP contribution is -2.40. The van der Waals surface area contributed by atoms with Gasteiger partial charge in [0.2, 0.25) is 11.9 Å². The van der Waals surface area contributed by atoms with Crippen molar-refractivity contribution in [2.45, 2.75) is 39.2 Å². The van der Waals surface area contributed by atoms with Crippen LogP contribution in [0.3, 0.4) is 0 Å². The van der Waals surface area contributed by atoms with Crippen LogP contribution in [-0.4, -0.2) is 66.7 Å². The second-order valence-corrected chi connectivity index (χ2v) is 9.09. The number of amides is 1. The van der Waals surface area contributed by atoms with Crippen LogP contribution in [0.15, 0.2) is 35.1 Å². The number of rotatable bonds is 8. The Balaban J connectivity index is 1.23. The van der Waals surface area contributed by atoms with E-state index in [0.717, 1.165) is 32.5 Å². The molecule has 33 heavy (non-hydrogen) atoms. The first-order valence-electron chi connectivity index (χ1n) is 12.0. The Kier molecular flexibility index (Phi) is 8.12. The molecule has 0 bridgehead atoms. The van der Waals surface area contributed by atoms with Gasteiger partial charge in [-0.25, -0.2) is 4.98 Å². The van der Waals surface area contributed by atoms with Crippen molar-refractivity contribution in [2.75, 3.05) is 50.8 Å². The van der Waals surface area contributed by atoms with Crippen LogP contribution in [0.5, 0.6) is 0 Å². The molecule has 1 aromatic heterocycles. The van der Waals surface area contributed by atoms with Crippen LogP contribution >= 0.6 is 0 Å². The predicted molar refractivity (Wildman–Crippen MR) is 128 cm³/mol. The lowest BCUT2D eigenvalue weighted by molar-refractivity contribution is -0.121. The minimum atomic E-state index is -0.152. The van der Waals surface area contributed by atoms with Gasteiger partial charge < -0.3 is 15.0 Å². The zero-order valence-electron chi connectivity index (χ0n) is 19.5. The van der Waals surface area contributed by atoms with E-state index in [9.17, 15) is 9.59 Å². The zero-order valence-corrected chi connectivity index (χ0v) is 19.5. The van der Waals surface area contributed by atoms with Crippen molar-refractivity contribution in [3.8, 4) is 0 Å². The summed E-state index contributed by atoms with van der Waals surface area (Å²) in [6.45, 7) is 8.30. The van der Waals surface area contributed by atoms with Crippen molar-refractivity contribution in [1.82, 2.24) is 20.2 Å². The van der Waals surface area contributed by atoms with Crippen molar-refractivity contribution in [1.29, 1.82) is 0 Å². The Labute approximate surface area is 195 Å². The summed E-state index contributed by atoms with van der Waals surface area (Å²) >= 11 is 0. The van der Waals surface area contributed by atoms with Crippen LogP contribution in [-0.2, 0) is 22.5 Å². The van der Waals surface area contributed by atoms with Gasteiger partial charge in [0, 0.05) is 50.4 Å². The molecule has 2 aliphatic heterocycles. The summed E-state index contributed by atoms with van der Waals surface area (Å²) < 4.78 is 5.36. The minimum Gasteiger partial charge on any atom is -0.378 e. The van der Waals surface area contributed by atoms with Crippen LogP contribution in [0.1, 0.15) is 36.1 Å². The van der Waals surface area contributed by atoms with Gasteiger partial charge in [-0.1, -0.05) is 30.3 Å². The normalized spacial score (nSPS) is 19.4. The Morgan fingerprint density at radius 3 is 2.76 bits per heavy atom. The molecule has 178 valence electrons. The topological polar surface area (TPSA) is 90.6 Å². The maximum absolute atomic E-state index is 12.6. The number of hydrogen-bond donors (Lipinski definition) is 2. The largest absolute Gasteiger partial charge is 0.378 e. The number of hydrogen-bond acceptors (Lipinski definition) is 6. The number of piperidine rings is 1. The van der Waals surface area contributed by atoms with Gasteiger partial charge in [-0.3, -0.25) is 19.5 Å². The zero-order chi connectivity index (χ0) is 23.0. The minimum absolute atomic E-state index is 0.00811. The van der Waals surface area contributed by atoms with Crippen molar-refractivity contribution < 1.29 is 9.53 Å². The summed E-state index contributed by atoms with van der Waals surface area (Å²) in [6.07, 6.45) is 2.98. The fourth-order valence-corrected chi connectivity index (χ4v) is 4.70. The number of H-pyrrole nitrogens is 1. The van der Waals surface area contributed by atoms with Gasteiger partial charge >= 0.3 is 0 Å². The molecule has 8 heteroatoms. The molecule has 2 fully saturated rings. The van der Waals surface area contributed by atoms with Crippen LogP contribution in [0.4, 0.5) is 5.95 Å². The predicted octanol–water partition coefficient (Wildman–Crippen LogP) is 1.88. The molecular weight excluding hydrogens is 418 g/mol. The number of carbonyl (C=O) groups excluding carboxylic acids is 1. The molecule has 2 aliphatic rings. The van der Waals surface area contributed by atoms with Crippen molar-refractivity contribution in [3.63, 3.8) is 0 Å². The van der Waals surface area contributed by atoms with E-state index < -0.39 is 0 Å². The first kappa shape index (κ1) is 23.4. The highest BCUT2D eigenvalue weighted by Crippen LogP contribution is 2.18. The van der Waals surface area contributed by atoms with E-state index in [1.54, 1.807) is 0 Å². The van der Waals surface area contributed by atoms with E-state index in [1.807, 2.05) is 17.9 Å². The summed E-state index contributed by atoms with van der Waals surface area (Å²) in [6, 6.07) is 10.5. The van der Waals surface area contributed by atoms with E-state index in [4.69, 9.17) is 4.74 Å². The number of morpholine rings is 1. The van der Waals surface area contributed by atoms with Crippen LogP contribution in [0.2, 0.25) is 0 Å². The van der Waals surface area contributed by atoms with Crippen molar-refractivity contribution >= 4 is 11.9 Å². The highest BCUT2D eigenvalue weighted by Gasteiger charge is 2.21. The molecule has 8 nitrogen and oxygen atoms in total. The smallest absolute Gasteiger partial charge is 0.255 e. The van der Waals surface area contributed by atoms with Crippen LogP contribution in [0.25, 0.3) is 0 Å². The van der Waals surface area contributed by atoms with Crippen LogP contribution < -0.4 is 15.8 Å². The molecule has 0 saturated carbocycles. The number of anilines is 1. The van der Waals surface area contributed by atoms with E-state index in [2.05, 4.69) is 44.5 Å². The van der Waals surface area contributed by atoms with Gasteiger partial charge in [0.25, 0.3) is 5.56 Å². The van der Waals surface area contributed by atoms with E-state index in [1.165, 1.54) is 5.56 Å². The molecule has 0 radical (unpaired) electrons. The van der Waals surface area contributed by atoms with Gasteiger partial charge in [0.05, 0.1) is 13.2 Å². The Morgan fingerprint density at radius 2 is 2.00 bits per heavy atom. The third kappa shape index (κ3) is 6.65. The summed E-state index contributed by atoms with van der Waals surface area (Å²) in [5, 5.41) is 3.09. The molecule has 0 aliphatic carbocycles. The monoisotopic (exact) mass is 453 g/mol. The lowest BCUT2D eigenvalue weighted by Gasteiger charge is -2.32. The number of aromatic nitrogens is 2. The van der Waals surface area contributed by atoms with Gasteiger partial charge in [-0.05, 0) is 44.2 Å². The average Bonchev–Trinajstić information content (AvgIpc) is 2.83. The number of carbonyl (C=O) groups is 1. The highest BCUT2D eigenvalue weighted by molar-refractivity contribution is 5.76. The Hall–Kier alpha value is -2.71. The average molecular weight is 454 g/mol. The van der Waals surface area contributed by atoms with Crippen LogP contribution in [0, 0.1) is 12.8 Å². The highest BCUT2D eigenvalue weighted by atomic mass is 16.5. The number of likely N-dealkylation sites (tertiary alicyclic amines) is 1. The molecule has 1 unspecified atom stereocenters. The second-order valence-electron chi connectivity index (χ2n) is 9.09. The van der Waals surface area contributed by atoms with E-state index in [0.29, 0.717) is 68.8 Å². The molecule has 1 amide bonds. The number of benzene rings is 1. The maximum Gasteiger partial charge on any atom is 0.255 e. The number of nitrogens with one attached hydrogen (secondary N) is 2. The number of aromatic amines is 1. The van der Waals surface area contributed by atoms with E-state index in [-0.39, 0.29) is 11.5 Å². The SMILES string of the molecule is Cc1nc(N2CCOCC2)[nH]c(=O)c1CCC(=O)NCC1CCCN(Cc2ccccc2)C1. The molecule has 4 rings (SSSR count). The third-order valence-corrected chi connectivity index (χ3v) is 6.56. The molecule has 0 spiro atoms. The Morgan fingerprint density at radius 1 is 1.21 bits per heavy atom. The molecule has 1 aromatic carbocycles. The molecule has 2 N–H and O–H groups in total. The fraction of sp³-hybridized carbons (Fsp3) is 0.560. The van der Waals surface area contributed by atoms with Gasteiger partial charge in [0.15, 0.2) is 0 Å². The van der Waals surface area contributed by atoms with Crippen molar-refractivity contribution in [3.05, 3.63) is 57.5 Å². The fourth-order valence-electron chi connectivity index (χ4n) is 4.70. The first-order valence-corrected chi connectivity index (χ1v) is 12.0. The van der Waals surface area contributed by atoms with Gasteiger partial charge in [0.1, 0.15) is 0 Å². The van der Waals surface area contributed by atoms with Crippen molar-refractivity contribution in [2.24, 2.45) is 5.92 Å². The molecule has 3 heterocycles. The molecule has 2 aromatic rings. The number of aryl methyl sites for hydroxylation is 1. The maximum atomic E-state index is 12.6. The standard InChI is InChI=1S/C25H35N5O3/c1-19-22(24(32)28-25(27-19)30-12-14-33-15-13-30)9-10-23(31)26-16-21-8-5-11-29(18-21)17-20-6-3-2-4-7-20/h2-4,6-7,21H,5,8-18H2,1H3,(H,26,31)(H,27,28,32). The number of nitrogens with zero attached hydrogens (tertiary/aromatic N) is 3. The third-order valence-electron chi connectivity index (χ3n) is 6.56. The first-order chi connectivity index (χ1) is 16.1. The quantitative estimate of drug-likeness (QED) is 0.634. The summed E-state index contributed by atoms with van der Waals surface area (Å²) in [5.41, 5.74) is 2.46. The molecule has 2 saturated heterocycles. The summed E-state index contributed by atoms with van der Waals surface area (Å²) in [7, 11) is 0. The summed E-state index contributed by atoms with van der Waals surface area (Å²) in [4.78, 5) is 37.1. The number of ether oxygens (including phenoxy) is 1. The second kappa shape index (κ2) is 11.4.